The normalized spacial score (nSPS) is 10.2. The van der Waals surface area contributed by atoms with Crippen molar-refractivity contribution in [2.45, 2.75) is 10.6 Å². The molecule has 2 aromatic rings. The standard InChI is InChI=1S/C14H10ClFN2S/c15-12-2-1-3-13(18)14(12)19-8-10-4-9(7-17)5-11(16)6-10/h1-6H,8,18H2. The smallest absolute Gasteiger partial charge is 0.124 e. The van der Waals surface area contributed by atoms with Crippen LogP contribution in [0.4, 0.5) is 10.1 Å². The molecule has 2 nitrogen and oxygen atoms in total. The topological polar surface area (TPSA) is 49.8 Å². The fourth-order valence-corrected chi connectivity index (χ4v) is 2.90. The first kappa shape index (κ1) is 13.7. The second-order valence-electron chi connectivity index (χ2n) is 3.91. The maximum Gasteiger partial charge on any atom is 0.124 e. The molecule has 0 unspecified atom stereocenters. The summed E-state index contributed by atoms with van der Waals surface area (Å²) in [6.45, 7) is 0. The average molecular weight is 293 g/mol. The Bertz CT molecular complexity index is 632. The maximum atomic E-state index is 13.3. The number of thioether (sulfide) groups is 1. The molecule has 0 fully saturated rings. The Morgan fingerprint density at radius 3 is 2.79 bits per heavy atom. The number of halogens is 2. The quantitative estimate of drug-likeness (QED) is 0.680. The van der Waals surface area contributed by atoms with E-state index in [9.17, 15) is 4.39 Å². The van der Waals surface area contributed by atoms with Crippen LogP contribution >= 0.6 is 23.4 Å². The highest BCUT2D eigenvalue weighted by Crippen LogP contribution is 2.34. The van der Waals surface area contributed by atoms with Gasteiger partial charge < -0.3 is 5.73 Å². The molecule has 2 rings (SSSR count). The van der Waals surface area contributed by atoms with E-state index in [1.54, 1.807) is 24.3 Å². The molecule has 0 bridgehead atoms. The monoisotopic (exact) mass is 292 g/mol. The highest BCUT2D eigenvalue weighted by atomic mass is 35.5. The fraction of sp³-hybridized carbons (Fsp3) is 0.0714. The third-order valence-electron chi connectivity index (χ3n) is 2.47. The number of nitrogen functional groups attached to an aromatic ring is 1. The Hall–Kier alpha value is -1.70. The van der Waals surface area contributed by atoms with Crippen LogP contribution in [0.3, 0.4) is 0 Å². The van der Waals surface area contributed by atoms with Crippen molar-refractivity contribution < 1.29 is 4.39 Å². The minimum Gasteiger partial charge on any atom is -0.398 e. The molecular formula is C14H10ClFN2S. The second-order valence-corrected chi connectivity index (χ2v) is 5.30. The van der Waals surface area contributed by atoms with E-state index in [1.165, 1.54) is 23.9 Å². The molecule has 0 amide bonds. The van der Waals surface area contributed by atoms with Crippen LogP contribution < -0.4 is 5.73 Å². The molecule has 0 atom stereocenters. The molecule has 0 heterocycles. The number of hydrogen-bond acceptors (Lipinski definition) is 3. The summed E-state index contributed by atoms with van der Waals surface area (Å²) in [5.74, 6) is 0.0854. The van der Waals surface area contributed by atoms with E-state index < -0.39 is 5.82 Å². The second kappa shape index (κ2) is 5.96. The van der Waals surface area contributed by atoms with Gasteiger partial charge in [-0.2, -0.15) is 5.26 Å². The molecule has 0 aliphatic carbocycles. The van der Waals surface area contributed by atoms with Crippen LogP contribution in [0.2, 0.25) is 5.02 Å². The van der Waals surface area contributed by atoms with Crippen molar-refractivity contribution >= 4 is 29.1 Å². The number of anilines is 1. The van der Waals surface area contributed by atoms with Crippen molar-refractivity contribution in [3.63, 3.8) is 0 Å². The number of nitrogens with zero attached hydrogens (tertiary/aromatic N) is 1. The van der Waals surface area contributed by atoms with E-state index in [-0.39, 0.29) is 0 Å². The van der Waals surface area contributed by atoms with Gasteiger partial charge in [0.15, 0.2) is 0 Å². The summed E-state index contributed by atoms with van der Waals surface area (Å²) in [5, 5.41) is 9.37. The third kappa shape index (κ3) is 3.40. The summed E-state index contributed by atoms with van der Waals surface area (Å²) in [6, 6.07) is 11.5. The summed E-state index contributed by atoms with van der Waals surface area (Å²) in [5.41, 5.74) is 7.46. The van der Waals surface area contributed by atoms with Crippen LogP contribution in [0, 0.1) is 17.1 Å². The number of hydrogen-bond donors (Lipinski definition) is 1. The highest BCUT2D eigenvalue weighted by molar-refractivity contribution is 7.98. The van der Waals surface area contributed by atoms with Gasteiger partial charge in [-0.05, 0) is 35.9 Å². The van der Waals surface area contributed by atoms with Crippen molar-refractivity contribution in [1.29, 1.82) is 5.26 Å². The molecule has 0 saturated heterocycles. The molecule has 0 aliphatic rings. The SMILES string of the molecule is N#Cc1cc(F)cc(CSc2c(N)cccc2Cl)c1. The van der Waals surface area contributed by atoms with E-state index in [0.29, 0.717) is 22.0 Å². The lowest BCUT2D eigenvalue weighted by atomic mass is 10.1. The van der Waals surface area contributed by atoms with Crippen LogP contribution in [-0.4, -0.2) is 0 Å². The van der Waals surface area contributed by atoms with Gasteiger partial charge in [0, 0.05) is 16.3 Å². The van der Waals surface area contributed by atoms with Gasteiger partial charge in [-0.15, -0.1) is 11.8 Å². The van der Waals surface area contributed by atoms with E-state index >= 15 is 0 Å². The zero-order valence-electron chi connectivity index (χ0n) is 9.86. The van der Waals surface area contributed by atoms with Gasteiger partial charge in [-0.1, -0.05) is 17.7 Å². The molecule has 2 N–H and O–H groups in total. The number of nitrogens with two attached hydrogens (primary N) is 1. The summed E-state index contributed by atoms with van der Waals surface area (Å²) in [6.07, 6.45) is 0. The molecule has 5 heteroatoms. The zero-order valence-corrected chi connectivity index (χ0v) is 11.4. The van der Waals surface area contributed by atoms with Crippen LogP contribution in [-0.2, 0) is 5.75 Å². The van der Waals surface area contributed by atoms with Crippen molar-refractivity contribution in [3.8, 4) is 6.07 Å². The lowest BCUT2D eigenvalue weighted by Crippen LogP contribution is -1.91. The number of rotatable bonds is 3. The minimum absolute atomic E-state index is 0.308. The van der Waals surface area contributed by atoms with Crippen LogP contribution in [0.1, 0.15) is 11.1 Å². The fourth-order valence-electron chi connectivity index (χ4n) is 1.63. The first-order valence-corrected chi connectivity index (χ1v) is 6.83. The summed E-state index contributed by atoms with van der Waals surface area (Å²) >= 11 is 7.48. The van der Waals surface area contributed by atoms with Crippen LogP contribution in [0.15, 0.2) is 41.3 Å². The largest absolute Gasteiger partial charge is 0.398 e. The van der Waals surface area contributed by atoms with Crippen molar-refractivity contribution in [2.75, 3.05) is 5.73 Å². The maximum absolute atomic E-state index is 13.3. The number of nitriles is 1. The van der Waals surface area contributed by atoms with Crippen LogP contribution in [0.25, 0.3) is 0 Å². The Kier molecular flexibility index (Phi) is 4.31. The van der Waals surface area contributed by atoms with Crippen LogP contribution in [0.5, 0.6) is 0 Å². The molecule has 0 aliphatic heterocycles. The van der Waals surface area contributed by atoms with Gasteiger partial charge in [-0.3, -0.25) is 0 Å². The van der Waals surface area contributed by atoms with E-state index in [4.69, 9.17) is 22.6 Å². The van der Waals surface area contributed by atoms with Crippen molar-refractivity contribution in [3.05, 3.63) is 58.4 Å². The van der Waals surface area contributed by atoms with Gasteiger partial charge in [0.2, 0.25) is 0 Å². The van der Waals surface area contributed by atoms with Gasteiger partial charge in [-0.25, -0.2) is 4.39 Å². The van der Waals surface area contributed by atoms with Gasteiger partial charge in [0.05, 0.1) is 16.7 Å². The average Bonchev–Trinajstić information content (AvgIpc) is 2.37. The Morgan fingerprint density at radius 1 is 1.32 bits per heavy atom. The van der Waals surface area contributed by atoms with Gasteiger partial charge in [0.25, 0.3) is 0 Å². The molecule has 0 aromatic heterocycles. The summed E-state index contributed by atoms with van der Waals surface area (Å²) in [7, 11) is 0. The van der Waals surface area contributed by atoms with Crippen molar-refractivity contribution in [2.24, 2.45) is 0 Å². The van der Waals surface area contributed by atoms with E-state index in [1.807, 2.05) is 6.07 Å². The first-order valence-electron chi connectivity index (χ1n) is 5.46. The molecule has 19 heavy (non-hydrogen) atoms. The Morgan fingerprint density at radius 2 is 2.11 bits per heavy atom. The predicted molar refractivity (Wildman–Crippen MR) is 76.5 cm³/mol. The van der Waals surface area contributed by atoms with E-state index in [2.05, 4.69) is 0 Å². The number of benzene rings is 2. The highest BCUT2D eigenvalue weighted by Gasteiger charge is 2.07. The molecule has 0 radical (unpaired) electrons. The predicted octanol–water partition coefficient (Wildman–Crippen LogP) is 4.23. The lowest BCUT2D eigenvalue weighted by molar-refractivity contribution is 0.626. The zero-order chi connectivity index (χ0) is 13.8. The molecule has 0 saturated carbocycles. The summed E-state index contributed by atoms with van der Waals surface area (Å²) < 4.78 is 13.3. The van der Waals surface area contributed by atoms with E-state index in [0.717, 1.165) is 10.5 Å². The third-order valence-corrected chi connectivity index (χ3v) is 4.12. The van der Waals surface area contributed by atoms with Gasteiger partial charge in [0.1, 0.15) is 5.82 Å². The van der Waals surface area contributed by atoms with Gasteiger partial charge >= 0.3 is 0 Å². The molecule has 0 spiro atoms. The first-order chi connectivity index (χ1) is 9.10. The molecule has 2 aromatic carbocycles. The summed E-state index contributed by atoms with van der Waals surface area (Å²) in [4.78, 5) is 0.770. The minimum atomic E-state index is -0.415. The lowest BCUT2D eigenvalue weighted by Gasteiger charge is -2.07. The van der Waals surface area contributed by atoms with Crippen molar-refractivity contribution in [1.82, 2.24) is 0 Å². The molecule has 96 valence electrons. The molecular weight excluding hydrogens is 283 g/mol. The Balaban J connectivity index is 2.19. The Labute approximate surface area is 120 Å².